The van der Waals surface area contributed by atoms with E-state index in [-0.39, 0.29) is 66.7 Å². The van der Waals surface area contributed by atoms with Gasteiger partial charge in [0.15, 0.2) is 11.5 Å². The number of rotatable bonds is 32. The van der Waals surface area contributed by atoms with Gasteiger partial charge >= 0.3 is 11.9 Å². The predicted molar refractivity (Wildman–Crippen MR) is 300 cm³/mol. The van der Waals surface area contributed by atoms with E-state index >= 15 is 0 Å². The molecular formula is C64H100O13. The molecule has 6 rings (SSSR count). The lowest BCUT2D eigenvalue weighted by Gasteiger charge is -2.62. The van der Waals surface area contributed by atoms with Crippen LogP contribution in [0.5, 0.6) is 0 Å². The lowest BCUT2D eigenvalue weighted by molar-refractivity contribution is -0.162. The molecule has 5 aliphatic rings. The standard InChI is InChI=1S/C26H30O5.C19H36O4.C19H34O4/c1-22(2)17(27)7-9-23(3)16-6-10-24(4)15(14-8-11-30-13-14)12-18-26(24,31-18)25(16,5)21(29)19(28)20(22)23;2*1-3-4-5-6-7-8-9-10-11-12-13-14-18(21)15-19(22)16-23-17(2)20/h7-9,11,13,15-16,18,28H,6,10,12H2,1-5H3;3,18-19,21-22H,1,4-16H2,2H3;1,18-19,21-22H,4-16H2,2H3. The highest BCUT2D eigenvalue weighted by atomic mass is 16.6. The summed E-state index contributed by atoms with van der Waals surface area (Å²) in [5, 5.41) is 50.2. The molecule has 1 saturated heterocycles. The molecule has 1 aromatic heterocycles. The number of hydrogen-bond acceptors (Lipinski definition) is 13. The summed E-state index contributed by atoms with van der Waals surface area (Å²) in [7, 11) is 0. The Kier molecular flexibility index (Phi) is 26.4. The maximum atomic E-state index is 14.0. The van der Waals surface area contributed by atoms with Crippen LogP contribution >= 0.6 is 0 Å². The minimum Gasteiger partial charge on any atom is -0.504 e. The number of carbonyl (C=O) groups excluding carboxylic acids is 4. The van der Waals surface area contributed by atoms with Crippen molar-refractivity contribution in [3.8, 4) is 12.3 Å². The number of unbranched alkanes of at least 4 members (excludes halogenated alkanes) is 18. The monoisotopic (exact) mass is 1080 g/mol. The number of fused-ring (bicyclic) bond motifs is 3. The second kappa shape index (κ2) is 31.1. The van der Waals surface area contributed by atoms with Crippen molar-refractivity contribution in [3.63, 3.8) is 0 Å². The van der Waals surface area contributed by atoms with E-state index in [9.17, 15) is 44.7 Å². The summed E-state index contributed by atoms with van der Waals surface area (Å²) in [4.78, 5) is 48.0. The van der Waals surface area contributed by atoms with Crippen LogP contribution in [0.25, 0.3) is 0 Å². The third-order valence-corrected chi connectivity index (χ3v) is 18.0. The summed E-state index contributed by atoms with van der Waals surface area (Å²) < 4.78 is 21.3. The number of terminal acetylenes is 1. The Morgan fingerprint density at radius 2 is 1.26 bits per heavy atom. The highest BCUT2D eigenvalue weighted by molar-refractivity contribution is 6.06. The molecule has 0 radical (unpaired) electrons. The Morgan fingerprint density at radius 3 is 1.73 bits per heavy atom. The van der Waals surface area contributed by atoms with Gasteiger partial charge in [-0.1, -0.05) is 129 Å². The van der Waals surface area contributed by atoms with Gasteiger partial charge in [0.1, 0.15) is 18.8 Å². The molecule has 1 spiro atoms. The van der Waals surface area contributed by atoms with E-state index in [0.29, 0.717) is 18.4 Å². The zero-order chi connectivity index (χ0) is 56.9. The number of aliphatic hydroxyl groups excluding tert-OH is 5. The first-order valence-corrected chi connectivity index (χ1v) is 29.5. The van der Waals surface area contributed by atoms with Crippen molar-refractivity contribution >= 4 is 23.5 Å². The smallest absolute Gasteiger partial charge is 0.302 e. The van der Waals surface area contributed by atoms with Crippen molar-refractivity contribution in [2.24, 2.45) is 27.6 Å². The summed E-state index contributed by atoms with van der Waals surface area (Å²) >= 11 is 0. The van der Waals surface area contributed by atoms with E-state index in [4.69, 9.17) is 25.1 Å². The van der Waals surface area contributed by atoms with E-state index < -0.39 is 58.2 Å². The zero-order valence-electron chi connectivity index (χ0n) is 48.3. The third-order valence-electron chi connectivity index (χ3n) is 18.0. The van der Waals surface area contributed by atoms with Gasteiger partial charge in [-0.25, -0.2) is 0 Å². The van der Waals surface area contributed by atoms with E-state index in [1.165, 1.54) is 103 Å². The average molecular weight is 1080 g/mol. The van der Waals surface area contributed by atoms with Crippen LogP contribution in [0.15, 0.2) is 59.1 Å². The lowest BCUT2D eigenvalue weighted by Crippen LogP contribution is -2.66. The molecule has 434 valence electrons. The normalized spacial score (nSPS) is 27.9. The molecular weight excluding hydrogens is 977 g/mol. The van der Waals surface area contributed by atoms with Crippen LogP contribution in [0.1, 0.15) is 233 Å². The molecule has 0 bridgehead atoms. The van der Waals surface area contributed by atoms with Crippen LogP contribution < -0.4 is 0 Å². The molecule has 5 N–H and O–H groups in total. The Hall–Kier alpha value is -4.06. The Bertz CT molecular complexity index is 2120. The molecule has 2 saturated carbocycles. The number of epoxide rings is 1. The number of carbonyl (C=O) groups is 4. The van der Waals surface area contributed by atoms with Crippen molar-refractivity contribution in [3.05, 3.63) is 60.3 Å². The fourth-order valence-corrected chi connectivity index (χ4v) is 14.0. The van der Waals surface area contributed by atoms with Gasteiger partial charge < -0.3 is 44.2 Å². The number of ketones is 2. The zero-order valence-corrected chi connectivity index (χ0v) is 48.3. The minimum absolute atomic E-state index is 0.00527. The van der Waals surface area contributed by atoms with Crippen LogP contribution in [-0.2, 0) is 33.4 Å². The molecule has 77 heavy (non-hydrogen) atoms. The van der Waals surface area contributed by atoms with Crippen LogP contribution in [0, 0.1) is 39.9 Å². The van der Waals surface area contributed by atoms with Gasteiger partial charge in [0.25, 0.3) is 0 Å². The topological polar surface area (TPSA) is 214 Å². The van der Waals surface area contributed by atoms with Crippen molar-refractivity contribution < 1.29 is 63.3 Å². The first kappa shape index (κ1) is 65.5. The Labute approximate surface area is 462 Å². The third kappa shape index (κ3) is 17.0. The van der Waals surface area contributed by atoms with Gasteiger partial charge in [-0.2, -0.15) is 0 Å². The molecule has 4 aliphatic carbocycles. The Balaban J connectivity index is 0.000000256. The maximum absolute atomic E-state index is 14.0. The first-order valence-electron chi connectivity index (χ1n) is 29.5. The second-order valence-corrected chi connectivity index (χ2v) is 24.2. The van der Waals surface area contributed by atoms with Gasteiger partial charge in [0, 0.05) is 43.9 Å². The predicted octanol–water partition coefficient (Wildman–Crippen LogP) is 12.6. The number of hydrogen-bond donors (Lipinski definition) is 5. The van der Waals surface area contributed by atoms with E-state index in [2.05, 4.69) is 26.3 Å². The molecule has 13 heteroatoms. The summed E-state index contributed by atoms with van der Waals surface area (Å²) in [5.74, 6) is 1.54. The number of allylic oxidation sites excluding steroid dienone is 5. The summed E-state index contributed by atoms with van der Waals surface area (Å²) in [6.07, 6.45) is 40.3. The van der Waals surface area contributed by atoms with Crippen LogP contribution in [0.3, 0.4) is 0 Å². The number of ether oxygens (including phenoxy) is 3. The first-order chi connectivity index (χ1) is 36.6. The quantitative estimate of drug-likeness (QED) is 0.0150. The molecule has 2 heterocycles. The van der Waals surface area contributed by atoms with Gasteiger partial charge in [0.05, 0.1) is 53.9 Å². The molecule has 1 aromatic rings. The van der Waals surface area contributed by atoms with Crippen molar-refractivity contribution in [1.82, 2.24) is 0 Å². The Morgan fingerprint density at radius 1 is 0.766 bits per heavy atom. The van der Waals surface area contributed by atoms with Crippen molar-refractivity contribution in [1.29, 1.82) is 0 Å². The fourth-order valence-electron chi connectivity index (χ4n) is 14.0. The van der Waals surface area contributed by atoms with Crippen LogP contribution in [0.2, 0.25) is 0 Å². The van der Waals surface area contributed by atoms with Crippen molar-refractivity contribution in [2.75, 3.05) is 13.2 Å². The van der Waals surface area contributed by atoms with E-state index in [1.807, 2.05) is 45.3 Å². The SMILES string of the molecule is C#CCCCCCCCCCCCC(O)CC(O)COC(C)=O.C=CCCCCCCCCCCCC(O)CC(O)COC(C)=O.CC1(C)C(=O)C=CC2(C)C1=C(O)C(=O)C1(C)C2CCC2(C)C(c3ccoc3)CC3OC321. The summed E-state index contributed by atoms with van der Waals surface area (Å²) in [6, 6.07) is 2.03. The average Bonchev–Trinajstić information content (AvgIpc) is 3.76. The van der Waals surface area contributed by atoms with Gasteiger partial charge in [-0.3, -0.25) is 19.2 Å². The van der Waals surface area contributed by atoms with Crippen molar-refractivity contribution in [2.45, 2.75) is 264 Å². The summed E-state index contributed by atoms with van der Waals surface area (Å²) in [6.45, 7) is 16.3. The minimum atomic E-state index is -0.901. The highest BCUT2D eigenvalue weighted by Gasteiger charge is 2.87. The van der Waals surface area contributed by atoms with Crippen LogP contribution in [-0.4, -0.2) is 98.4 Å². The summed E-state index contributed by atoms with van der Waals surface area (Å²) in [5.41, 5.74) is -1.40. The molecule has 13 nitrogen and oxygen atoms in total. The molecule has 11 atom stereocenters. The van der Waals surface area contributed by atoms with Crippen LogP contribution in [0.4, 0.5) is 0 Å². The number of Topliss-reactive ketones (excluding diaryl/α,β-unsaturated/α-hetero) is 1. The maximum Gasteiger partial charge on any atom is 0.302 e. The largest absolute Gasteiger partial charge is 0.504 e. The molecule has 1 aliphatic heterocycles. The fraction of sp³-hybridized carbons (Fsp3) is 0.750. The second-order valence-electron chi connectivity index (χ2n) is 24.2. The number of esters is 2. The molecule has 0 aromatic carbocycles. The molecule has 11 unspecified atom stereocenters. The van der Waals surface area contributed by atoms with E-state index in [1.54, 1.807) is 12.3 Å². The molecule has 0 amide bonds. The van der Waals surface area contributed by atoms with Gasteiger partial charge in [-0.15, -0.1) is 18.9 Å². The van der Waals surface area contributed by atoms with Gasteiger partial charge in [-0.05, 0) is 107 Å². The lowest BCUT2D eigenvalue weighted by atomic mass is 9.39. The number of furan rings is 1. The highest BCUT2D eigenvalue weighted by Crippen LogP contribution is 2.81. The van der Waals surface area contributed by atoms with Gasteiger partial charge in [0.2, 0.25) is 5.78 Å². The molecule has 3 fully saturated rings. The number of aliphatic hydroxyl groups is 5. The van der Waals surface area contributed by atoms with E-state index in [0.717, 1.165) is 64.2 Å².